The smallest absolute Gasteiger partial charge is 0.174 e. The number of hydrogen-bond acceptors (Lipinski definition) is 3. The van der Waals surface area contributed by atoms with E-state index in [4.69, 9.17) is 10.00 Å². The third-order valence-corrected chi connectivity index (χ3v) is 4.20. The van der Waals surface area contributed by atoms with Crippen LogP contribution in [0.4, 0.5) is 0 Å². The number of nitrogens with one attached hydrogen (secondary N) is 1. The van der Waals surface area contributed by atoms with Gasteiger partial charge in [-0.1, -0.05) is 26.0 Å². The molecule has 0 amide bonds. The van der Waals surface area contributed by atoms with Gasteiger partial charge in [0.15, 0.2) is 6.61 Å². The van der Waals surface area contributed by atoms with Crippen LogP contribution in [0, 0.1) is 23.2 Å². The summed E-state index contributed by atoms with van der Waals surface area (Å²) in [7, 11) is 0. The van der Waals surface area contributed by atoms with Gasteiger partial charge >= 0.3 is 0 Å². The molecule has 0 spiro atoms. The van der Waals surface area contributed by atoms with Gasteiger partial charge in [0, 0.05) is 12.6 Å². The maximum Gasteiger partial charge on any atom is 0.174 e. The Bertz CT molecular complexity index is 466. The summed E-state index contributed by atoms with van der Waals surface area (Å²) >= 11 is 0. The summed E-state index contributed by atoms with van der Waals surface area (Å²) in [5, 5.41) is 12.2. The largest absolute Gasteiger partial charge is 0.479 e. The fraction of sp³-hybridized carbons (Fsp3) is 0.588. The molecular formula is C17H24N2O. The van der Waals surface area contributed by atoms with Crippen LogP contribution in [0.25, 0.3) is 0 Å². The number of hydrogen-bond donors (Lipinski definition) is 1. The van der Waals surface area contributed by atoms with E-state index in [1.54, 1.807) is 0 Å². The second kappa shape index (κ2) is 7.31. The SMILES string of the molecule is CC1CCC(NCc2cccc(OCC#N)c2)C(C)C1. The number of rotatable bonds is 5. The van der Waals surface area contributed by atoms with Crippen molar-refractivity contribution in [2.45, 2.75) is 45.7 Å². The Morgan fingerprint density at radius 1 is 1.35 bits per heavy atom. The van der Waals surface area contributed by atoms with Gasteiger partial charge in [0.05, 0.1) is 0 Å². The van der Waals surface area contributed by atoms with Gasteiger partial charge in [-0.2, -0.15) is 5.26 Å². The van der Waals surface area contributed by atoms with Crippen molar-refractivity contribution in [2.75, 3.05) is 6.61 Å². The maximum absolute atomic E-state index is 8.53. The molecule has 1 fully saturated rings. The van der Waals surface area contributed by atoms with Crippen LogP contribution in [0.3, 0.4) is 0 Å². The van der Waals surface area contributed by atoms with E-state index in [9.17, 15) is 0 Å². The highest BCUT2D eigenvalue weighted by molar-refractivity contribution is 5.28. The first-order valence-corrected chi connectivity index (χ1v) is 7.51. The van der Waals surface area contributed by atoms with Crippen LogP contribution in [-0.4, -0.2) is 12.6 Å². The van der Waals surface area contributed by atoms with Crippen molar-refractivity contribution in [3.63, 3.8) is 0 Å². The van der Waals surface area contributed by atoms with E-state index >= 15 is 0 Å². The lowest BCUT2D eigenvalue weighted by molar-refractivity contribution is 0.227. The molecule has 3 atom stereocenters. The van der Waals surface area contributed by atoms with E-state index in [0.29, 0.717) is 6.04 Å². The Labute approximate surface area is 121 Å². The van der Waals surface area contributed by atoms with E-state index < -0.39 is 0 Å². The second-order valence-electron chi connectivity index (χ2n) is 5.98. The lowest BCUT2D eigenvalue weighted by Crippen LogP contribution is -2.38. The van der Waals surface area contributed by atoms with Crippen molar-refractivity contribution in [3.05, 3.63) is 29.8 Å². The number of ether oxygens (including phenoxy) is 1. The molecule has 3 unspecified atom stereocenters. The highest BCUT2D eigenvalue weighted by Crippen LogP contribution is 2.28. The summed E-state index contributed by atoms with van der Waals surface area (Å²) in [6.07, 6.45) is 3.92. The fourth-order valence-corrected chi connectivity index (χ4v) is 3.08. The molecule has 1 N–H and O–H groups in total. The van der Waals surface area contributed by atoms with E-state index in [0.717, 1.165) is 24.1 Å². The number of nitriles is 1. The van der Waals surface area contributed by atoms with Gasteiger partial charge in [0.1, 0.15) is 11.8 Å². The molecular weight excluding hydrogens is 248 g/mol. The summed E-state index contributed by atoms with van der Waals surface area (Å²) in [6, 6.07) is 10.6. The normalized spacial score (nSPS) is 25.9. The van der Waals surface area contributed by atoms with Gasteiger partial charge in [-0.05, 0) is 48.8 Å². The Kier molecular flexibility index (Phi) is 5.43. The molecule has 0 heterocycles. The monoisotopic (exact) mass is 272 g/mol. The zero-order valence-electron chi connectivity index (χ0n) is 12.4. The second-order valence-corrected chi connectivity index (χ2v) is 5.98. The van der Waals surface area contributed by atoms with Gasteiger partial charge in [-0.3, -0.25) is 0 Å². The molecule has 3 heteroatoms. The molecule has 0 saturated heterocycles. The minimum atomic E-state index is 0.106. The average Bonchev–Trinajstić information content (AvgIpc) is 2.45. The van der Waals surface area contributed by atoms with Crippen LogP contribution in [0.1, 0.15) is 38.7 Å². The van der Waals surface area contributed by atoms with Crippen molar-refractivity contribution in [3.8, 4) is 11.8 Å². The topological polar surface area (TPSA) is 45.0 Å². The van der Waals surface area contributed by atoms with Crippen molar-refractivity contribution in [1.29, 1.82) is 5.26 Å². The molecule has 2 rings (SSSR count). The molecule has 1 aromatic rings. The first-order valence-electron chi connectivity index (χ1n) is 7.51. The summed E-state index contributed by atoms with van der Waals surface area (Å²) in [5.41, 5.74) is 1.21. The summed E-state index contributed by atoms with van der Waals surface area (Å²) in [6.45, 7) is 5.67. The van der Waals surface area contributed by atoms with Gasteiger partial charge in [-0.15, -0.1) is 0 Å². The van der Waals surface area contributed by atoms with Crippen molar-refractivity contribution in [1.82, 2.24) is 5.32 Å². The van der Waals surface area contributed by atoms with E-state index in [2.05, 4.69) is 25.2 Å². The standard InChI is InChI=1S/C17H24N2O/c1-13-6-7-17(14(2)10-13)19-12-15-4-3-5-16(11-15)20-9-8-18/h3-5,11,13-14,17,19H,6-7,9-10,12H2,1-2H3. The van der Waals surface area contributed by atoms with E-state index in [-0.39, 0.29) is 6.61 Å². The third-order valence-electron chi connectivity index (χ3n) is 4.20. The quantitative estimate of drug-likeness (QED) is 0.892. The van der Waals surface area contributed by atoms with Crippen LogP contribution in [0.15, 0.2) is 24.3 Å². The number of benzene rings is 1. The zero-order valence-corrected chi connectivity index (χ0v) is 12.4. The summed E-state index contributed by atoms with van der Waals surface area (Å²) < 4.78 is 5.33. The molecule has 0 radical (unpaired) electrons. The predicted molar refractivity (Wildman–Crippen MR) is 80.4 cm³/mol. The van der Waals surface area contributed by atoms with E-state index in [1.807, 2.05) is 24.3 Å². The highest BCUT2D eigenvalue weighted by atomic mass is 16.5. The molecule has 20 heavy (non-hydrogen) atoms. The maximum atomic E-state index is 8.53. The molecule has 0 bridgehead atoms. The zero-order chi connectivity index (χ0) is 14.4. The van der Waals surface area contributed by atoms with Crippen LogP contribution >= 0.6 is 0 Å². The van der Waals surface area contributed by atoms with Crippen molar-refractivity contribution >= 4 is 0 Å². The highest BCUT2D eigenvalue weighted by Gasteiger charge is 2.24. The summed E-state index contributed by atoms with van der Waals surface area (Å²) in [5.74, 6) is 2.39. The van der Waals surface area contributed by atoms with Crippen LogP contribution < -0.4 is 10.1 Å². The minimum Gasteiger partial charge on any atom is -0.479 e. The molecule has 1 aliphatic rings. The predicted octanol–water partition coefficient (Wildman–Crippen LogP) is 3.50. The van der Waals surface area contributed by atoms with Gasteiger partial charge in [-0.25, -0.2) is 0 Å². The molecule has 1 aliphatic carbocycles. The molecule has 1 saturated carbocycles. The minimum absolute atomic E-state index is 0.106. The van der Waals surface area contributed by atoms with Gasteiger partial charge < -0.3 is 10.1 Å². The van der Waals surface area contributed by atoms with Crippen LogP contribution in [-0.2, 0) is 6.54 Å². The van der Waals surface area contributed by atoms with Crippen molar-refractivity contribution in [2.24, 2.45) is 11.8 Å². The Hall–Kier alpha value is -1.53. The first kappa shape index (κ1) is 14.9. The molecule has 108 valence electrons. The first-order chi connectivity index (χ1) is 9.69. The molecule has 1 aromatic carbocycles. The van der Waals surface area contributed by atoms with Gasteiger partial charge in [0.25, 0.3) is 0 Å². The van der Waals surface area contributed by atoms with Crippen LogP contribution in [0.5, 0.6) is 5.75 Å². The summed E-state index contributed by atoms with van der Waals surface area (Å²) in [4.78, 5) is 0. The Balaban J connectivity index is 1.86. The lowest BCUT2D eigenvalue weighted by atomic mass is 9.80. The Morgan fingerprint density at radius 3 is 2.95 bits per heavy atom. The Morgan fingerprint density at radius 2 is 2.20 bits per heavy atom. The number of nitrogens with zero attached hydrogens (tertiary/aromatic N) is 1. The molecule has 3 nitrogen and oxygen atoms in total. The average molecular weight is 272 g/mol. The van der Waals surface area contributed by atoms with E-state index in [1.165, 1.54) is 24.8 Å². The van der Waals surface area contributed by atoms with Gasteiger partial charge in [0.2, 0.25) is 0 Å². The third kappa shape index (κ3) is 4.25. The van der Waals surface area contributed by atoms with Crippen LogP contribution in [0.2, 0.25) is 0 Å². The van der Waals surface area contributed by atoms with Crippen molar-refractivity contribution < 1.29 is 4.74 Å². The molecule has 0 aliphatic heterocycles. The fourth-order valence-electron chi connectivity index (χ4n) is 3.08. The lowest BCUT2D eigenvalue weighted by Gasteiger charge is -2.33. The molecule has 0 aromatic heterocycles.